The van der Waals surface area contributed by atoms with Crippen LogP contribution in [0.5, 0.6) is 0 Å². The predicted molar refractivity (Wildman–Crippen MR) is 94.7 cm³/mol. The minimum Gasteiger partial charge on any atom is -0.480 e. The van der Waals surface area contributed by atoms with E-state index in [1.807, 2.05) is 0 Å². The van der Waals surface area contributed by atoms with Gasteiger partial charge in [-0.2, -0.15) is 0 Å². The highest BCUT2D eigenvalue weighted by atomic mass is 32.2. The summed E-state index contributed by atoms with van der Waals surface area (Å²) >= 11 is 0.561. The van der Waals surface area contributed by atoms with E-state index >= 15 is 0 Å². The first-order valence-corrected chi connectivity index (χ1v) is 8.65. The molecule has 1 amide bonds. The third-order valence-electron chi connectivity index (χ3n) is 2.99. The summed E-state index contributed by atoms with van der Waals surface area (Å²) in [5, 5.41) is 10.7. The third-order valence-corrected chi connectivity index (χ3v) is 3.84. The Bertz CT molecular complexity index is 655. The van der Waals surface area contributed by atoms with Gasteiger partial charge in [0.05, 0.1) is 5.41 Å². The molecule has 0 bridgehead atoms. The Morgan fingerprint density at radius 2 is 1.73 bits per heavy atom. The van der Waals surface area contributed by atoms with Crippen LogP contribution in [0.25, 0.3) is 0 Å². The molecule has 1 atom stereocenters. The molecule has 8 nitrogen and oxygen atoms in total. The Labute approximate surface area is 155 Å². The average Bonchev–Trinajstić information content (AvgIpc) is 2.57. The number of benzene rings is 1. The van der Waals surface area contributed by atoms with E-state index in [4.69, 9.17) is 9.47 Å². The number of carboxylic acids is 1. The number of ether oxygens (including phenoxy) is 2. The molecular formula is C17H21NO7S. The molecule has 1 aromatic rings. The molecule has 0 saturated heterocycles. The lowest BCUT2D eigenvalue weighted by Crippen LogP contribution is -2.42. The van der Waals surface area contributed by atoms with Gasteiger partial charge in [0.15, 0.2) is 0 Å². The Morgan fingerprint density at radius 3 is 2.27 bits per heavy atom. The normalized spacial score (nSPS) is 12.0. The fourth-order valence-electron chi connectivity index (χ4n) is 1.55. The number of carbonyl (C=O) groups is 4. The van der Waals surface area contributed by atoms with Crippen LogP contribution in [0.1, 0.15) is 31.1 Å². The van der Waals surface area contributed by atoms with Gasteiger partial charge in [-0.05, 0) is 44.7 Å². The molecule has 0 fully saturated rings. The van der Waals surface area contributed by atoms with Gasteiger partial charge in [-0.15, -0.1) is 0 Å². The molecule has 0 aromatic heterocycles. The van der Waals surface area contributed by atoms with E-state index in [9.17, 15) is 24.3 Å². The second kappa shape index (κ2) is 9.81. The SMILES string of the molecule is CC(C)(C)C(=O)OCOC(=O)SC[C@H](NC(=O)c1ccccc1)C(=O)O. The van der Waals surface area contributed by atoms with Crippen LogP contribution in [0, 0.1) is 5.41 Å². The fraction of sp³-hybridized carbons (Fsp3) is 0.412. The van der Waals surface area contributed by atoms with Crippen molar-refractivity contribution in [3.05, 3.63) is 35.9 Å². The highest BCUT2D eigenvalue weighted by Gasteiger charge is 2.24. The molecule has 0 heterocycles. The van der Waals surface area contributed by atoms with Gasteiger partial charge in [0.25, 0.3) is 5.91 Å². The van der Waals surface area contributed by atoms with Crippen LogP contribution >= 0.6 is 11.8 Å². The largest absolute Gasteiger partial charge is 0.480 e. The number of amides is 1. The molecule has 0 aliphatic rings. The van der Waals surface area contributed by atoms with Crippen LogP contribution in [0.4, 0.5) is 4.79 Å². The zero-order valence-corrected chi connectivity index (χ0v) is 15.5. The smallest absolute Gasteiger partial charge is 0.370 e. The molecule has 0 aliphatic carbocycles. The predicted octanol–water partition coefficient (Wildman–Crippen LogP) is 2.29. The summed E-state index contributed by atoms with van der Waals surface area (Å²) in [6.07, 6.45) is 0. The summed E-state index contributed by atoms with van der Waals surface area (Å²) in [6.45, 7) is 4.40. The number of carbonyl (C=O) groups excluding carboxylic acids is 3. The van der Waals surface area contributed by atoms with Gasteiger partial charge in [0.2, 0.25) is 6.79 Å². The van der Waals surface area contributed by atoms with Gasteiger partial charge in [0.1, 0.15) is 6.04 Å². The topological polar surface area (TPSA) is 119 Å². The van der Waals surface area contributed by atoms with Crippen molar-refractivity contribution in [1.82, 2.24) is 5.32 Å². The van der Waals surface area contributed by atoms with E-state index in [-0.39, 0.29) is 5.75 Å². The molecular weight excluding hydrogens is 362 g/mol. The average molecular weight is 383 g/mol. The molecule has 2 N–H and O–H groups in total. The van der Waals surface area contributed by atoms with Crippen molar-refractivity contribution in [2.75, 3.05) is 12.5 Å². The summed E-state index contributed by atoms with van der Waals surface area (Å²) in [7, 11) is 0. The third kappa shape index (κ3) is 7.56. The summed E-state index contributed by atoms with van der Waals surface area (Å²) in [5.74, 6) is -2.62. The first-order valence-electron chi connectivity index (χ1n) is 7.66. The Balaban J connectivity index is 2.43. The number of hydrogen-bond acceptors (Lipinski definition) is 7. The molecule has 142 valence electrons. The lowest BCUT2D eigenvalue weighted by molar-refractivity contribution is -0.160. The maximum Gasteiger partial charge on any atom is 0.370 e. The molecule has 0 aliphatic heterocycles. The van der Waals surface area contributed by atoms with Crippen molar-refractivity contribution in [2.24, 2.45) is 5.41 Å². The second-order valence-corrected chi connectivity index (χ2v) is 7.19. The van der Waals surface area contributed by atoms with Gasteiger partial charge in [0, 0.05) is 11.3 Å². The Kier molecular flexibility index (Phi) is 8.11. The van der Waals surface area contributed by atoms with E-state index in [2.05, 4.69) is 5.32 Å². The summed E-state index contributed by atoms with van der Waals surface area (Å²) in [4.78, 5) is 46.3. The van der Waals surface area contributed by atoms with Gasteiger partial charge in [-0.3, -0.25) is 9.59 Å². The number of esters is 1. The van der Waals surface area contributed by atoms with E-state index in [1.54, 1.807) is 51.1 Å². The number of aliphatic carboxylic acids is 1. The molecule has 26 heavy (non-hydrogen) atoms. The minimum absolute atomic E-state index is 0.236. The number of hydrogen-bond donors (Lipinski definition) is 2. The Hall–Kier alpha value is -2.55. The van der Waals surface area contributed by atoms with Crippen molar-refractivity contribution in [3.8, 4) is 0 Å². The molecule has 1 aromatic carbocycles. The first kappa shape index (κ1) is 21.5. The van der Waals surface area contributed by atoms with Crippen LogP contribution in [0.15, 0.2) is 30.3 Å². The number of carboxylic acid groups (broad SMARTS) is 1. The van der Waals surface area contributed by atoms with Gasteiger partial charge in [-0.25, -0.2) is 9.59 Å². The molecule has 1 rings (SSSR count). The monoisotopic (exact) mass is 383 g/mol. The maximum absolute atomic E-state index is 12.0. The first-order chi connectivity index (χ1) is 12.1. The number of rotatable bonds is 7. The molecule has 0 radical (unpaired) electrons. The second-order valence-electron chi connectivity index (χ2n) is 6.24. The molecule has 0 spiro atoms. The highest BCUT2D eigenvalue weighted by Crippen LogP contribution is 2.15. The Morgan fingerprint density at radius 1 is 1.12 bits per heavy atom. The molecule has 0 saturated carbocycles. The van der Waals surface area contributed by atoms with E-state index < -0.39 is 41.4 Å². The fourth-order valence-corrected chi connectivity index (χ4v) is 2.21. The van der Waals surface area contributed by atoms with Crippen molar-refractivity contribution < 1.29 is 33.8 Å². The van der Waals surface area contributed by atoms with Gasteiger partial charge in [-0.1, -0.05) is 18.2 Å². The van der Waals surface area contributed by atoms with Gasteiger partial charge < -0.3 is 19.9 Å². The summed E-state index contributed by atoms with van der Waals surface area (Å²) in [6, 6.07) is 6.82. The highest BCUT2D eigenvalue weighted by molar-refractivity contribution is 8.13. The van der Waals surface area contributed by atoms with Crippen LogP contribution in [0.2, 0.25) is 0 Å². The van der Waals surface area contributed by atoms with Crippen molar-refractivity contribution >= 4 is 34.9 Å². The molecule has 0 unspecified atom stereocenters. The zero-order valence-electron chi connectivity index (χ0n) is 14.7. The molecule has 9 heteroatoms. The van der Waals surface area contributed by atoms with Crippen LogP contribution < -0.4 is 5.32 Å². The van der Waals surface area contributed by atoms with Crippen LogP contribution in [0.3, 0.4) is 0 Å². The van der Waals surface area contributed by atoms with Crippen molar-refractivity contribution in [2.45, 2.75) is 26.8 Å². The van der Waals surface area contributed by atoms with Crippen LogP contribution in [-0.4, -0.2) is 46.8 Å². The lowest BCUT2D eigenvalue weighted by Gasteiger charge is -2.16. The standard InChI is InChI=1S/C17H21NO7S/c1-17(2,3)15(22)24-10-25-16(23)26-9-12(14(20)21)18-13(19)11-7-5-4-6-8-11/h4-8,12H,9-10H2,1-3H3,(H,18,19)(H,20,21)/t12-/m0/s1. The van der Waals surface area contributed by atoms with Gasteiger partial charge >= 0.3 is 17.2 Å². The number of nitrogens with one attached hydrogen (secondary N) is 1. The minimum atomic E-state index is -1.28. The zero-order chi connectivity index (χ0) is 19.7. The van der Waals surface area contributed by atoms with E-state index in [0.717, 1.165) is 0 Å². The lowest BCUT2D eigenvalue weighted by atomic mass is 9.98. The van der Waals surface area contributed by atoms with E-state index in [1.165, 1.54) is 0 Å². The quantitative estimate of drug-likeness (QED) is 0.544. The van der Waals surface area contributed by atoms with E-state index in [0.29, 0.717) is 17.3 Å². The summed E-state index contributed by atoms with van der Waals surface area (Å²) in [5.41, 5.74) is -0.421. The van der Waals surface area contributed by atoms with Crippen molar-refractivity contribution in [1.29, 1.82) is 0 Å². The van der Waals surface area contributed by atoms with Crippen molar-refractivity contribution in [3.63, 3.8) is 0 Å². The van der Waals surface area contributed by atoms with Crippen LogP contribution in [-0.2, 0) is 19.1 Å². The number of thioether (sulfide) groups is 1. The summed E-state index contributed by atoms with van der Waals surface area (Å²) < 4.78 is 9.48. The maximum atomic E-state index is 12.0.